The lowest BCUT2D eigenvalue weighted by atomic mass is 10.2. The van der Waals surface area contributed by atoms with Gasteiger partial charge < -0.3 is 10.3 Å². The Kier molecular flexibility index (Phi) is 4.81. The number of rotatable bonds is 5. The van der Waals surface area contributed by atoms with Crippen molar-refractivity contribution in [2.45, 2.75) is 25.8 Å². The van der Waals surface area contributed by atoms with E-state index < -0.39 is 0 Å². The van der Waals surface area contributed by atoms with Crippen LogP contribution in [0.25, 0.3) is 0 Å². The summed E-state index contributed by atoms with van der Waals surface area (Å²) in [5, 5.41) is 0. The summed E-state index contributed by atoms with van der Waals surface area (Å²) in [6.45, 7) is 0.485. The lowest BCUT2D eigenvalue weighted by Crippen LogP contribution is -2.13. The minimum Gasteiger partial charge on any atom is -0.394 e. The third kappa shape index (κ3) is 3.66. The second-order valence-electron chi connectivity index (χ2n) is 3.38. The minimum atomic E-state index is -0.268. The quantitative estimate of drug-likeness (QED) is 0.840. The van der Waals surface area contributed by atoms with E-state index in [0.717, 1.165) is 19.4 Å². The molecule has 0 aromatic carbocycles. The van der Waals surface area contributed by atoms with Crippen molar-refractivity contribution in [3.63, 3.8) is 0 Å². The maximum atomic E-state index is 11.8. The van der Waals surface area contributed by atoms with Crippen molar-refractivity contribution in [1.29, 1.82) is 0 Å². The van der Waals surface area contributed by atoms with E-state index in [1.54, 1.807) is 12.4 Å². The number of aryl methyl sites for hydroxylation is 1. The van der Waals surface area contributed by atoms with Crippen molar-refractivity contribution in [2.75, 3.05) is 12.4 Å². The molecule has 0 aliphatic heterocycles. The molecule has 1 aromatic rings. The molecule has 0 fully saturated rings. The fourth-order valence-corrected chi connectivity index (χ4v) is 1.80. The molecule has 0 aliphatic carbocycles. The molecule has 0 bridgehead atoms. The number of hydrogen-bond donors (Lipinski definition) is 1. The number of pyridine rings is 1. The maximum absolute atomic E-state index is 11.8. The van der Waals surface area contributed by atoms with Crippen LogP contribution < -0.4 is 11.2 Å². The fourth-order valence-electron chi connectivity index (χ4n) is 1.31. The second kappa shape index (κ2) is 5.90. The summed E-state index contributed by atoms with van der Waals surface area (Å²) in [4.78, 5) is 11.3. The maximum Gasteiger partial charge on any atom is 0.218 e. The molecule has 2 N–H and O–H groups in total. The van der Waals surface area contributed by atoms with Gasteiger partial charge in [0.05, 0.1) is 16.8 Å². The summed E-state index contributed by atoms with van der Waals surface area (Å²) in [6, 6.07) is 0. The van der Waals surface area contributed by atoms with E-state index in [1.165, 1.54) is 0 Å². The van der Waals surface area contributed by atoms with Gasteiger partial charge in [0.25, 0.3) is 0 Å². The Morgan fingerprint density at radius 1 is 1.33 bits per heavy atom. The molecule has 15 heavy (non-hydrogen) atoms. The third-order valence-corrected chi connectivity index (χ3v) is 2.68. The zero-order valence-corrected chi connectivity index (χ0v) is 9.96. The summed E-state index contributed by atoms with van der Waals surface area (Å²) >= 11 is 3.15. The van der Waals surface area contributed by atoms with Crippen LogP contribution in [0, 0.1) is 0 Å². The van der Waals surface area contributed by atoms with Crippen LogP contribution in [-0.4, -0.2) is 11.2 Å². The highest BCUT2D eigenvalue weighted by molar-refractivity contribution is 9.10. The molecule has 0 saturated heterocycles. The molecule has 1 heterocycles. The van der Waals surface area contributed by atoms with E-state index in [2.05, 4.69) is 15.9 Å². The van der Waals surface area contributed by atoms with E-state index in [0.29, 0.717) is 10.9 Å². The van der Waals surface area contributed by atoms with Gasteiger partial charge in [-0.3, -0.25) is 9.18 Å². The lowest BCUT2D eigenvalue weighted by Gasteiger charge is -2.07. The average molecular weight is 277 g/mol. The Morgan fingerprint density at radius 3 is 2.67 bits per heavy atom. The smallest absolute Gasteiger partial charge is 0.218 e. The molecule has 0 saturated carbocycles. The largest absolute Gasteiger partial charge is 0.394 e. The number of unbranched alkanes of at least 4 members (excludes halogenated alkanes) is 2. The average Bonchev–Trinajstić information content (AvgIpc) is 2.21. The third-order valence-electron chi connectivity index (χ3n) is 2.11. The summed E-state index contributed by atoms with van der Waals surface area (Å²) in [7, 11) is 0. The van der Waals surface area contributed by atoms with Crippen LogP contribution in [0.4, 0.5) is 10.1 Å². The Morgan fingerprint density at radius 2 is 2.07 bits per heavy atom. The molecule has 0 radical (unpaired) electrons. The molecule has 0 spiro atoms. The normalized spacial score (nSPS) is 10.5. The number of alkyl halides is 1. The number of nitrogens with two attached hydrogens (primary N) is 1. The van der Waals surface area contributed by atoms with Gasteiger partial charge in [0.15, 0.2) is 0 Å². The zero-order valence-electron chi connectivity index (χ0n) is 8.38. The number of nitrogen functional groups attached to an aromatic ring is 1. The number of hydrogen-bond acceptors (Lipinski definition) is 2. The SMILES string of the molecule is Nc1cn(CCCCCF)cc(Br)c1=O. The van der Waals surface area contributed by atoms with E-state index in [-0.39, 0.29) is 17.8 Å². The van der Waals surface area contributed by atoms with E-state index in [1.807, 2.05) is 4.57 Å². The fraction of sp³-hybridized carbons (Fsp3) is 0.500. The number of anilines is 1. The molecule has 5 heteroatoms. The van der Waals surface area contributed by atoms with Crippen LogP contribution in [0.3, 0.4) is 0 Å². The summed E-state index contributed by atoms with van der Waals surface area (Å²) in [6.07, 6.45) is 5.65. The Hall–Kier alpha value is -0.840. The van der Waals surface area contributed by atoms with Crippen LogP contribution in [0.15, 0.2) is 21.7 Å². The van der Waals surface area contributed by atoms with E-state index in [9.17, 15) is 9.18 Å². The number of nitrogens with zero attached hydrogens (tertiary/aromatic N) is 1. The monoisotopic (exact) mass is 276 g/mol. The molecular formula is C10H14BrFN2O. The predicted octanol–water partition coefficient (Wildman–Crippen LogP) is 2.33. The van der Waals surface area contributed by atoms with Crippen LogP contribution in [0.5, 0.6) is 0 Å². The summed E-state index contributed by atoms with van der Waals surface area (Å²) in [5.74, 6) is 0. The molecular weight excluding hydrogens is 263 g/mol. The van der Waals surface area contributed by atoms with Crippen LogP contribution in [-0.2, 0) is 6.54 Å². The van der Waals surface area contributed by atoms with Crippen molar-refractivity contribution >= 4 is 21.6 Å². The molecule has 0 atom stereocenters. The first-order chi connectivity index (χ1) is 7.15. The number of aromatic nitrogens is 1. The first-order valence-electron chi connectivity index (χ1n) is 4.86. The van der Waals surface area contributed by atoms with Gasteiger partial charge >= 0.3 is 0 Å². The highest BCUT2D eigenvalue weighted by atomic mass is 79.9. The minimum absolute atomic E-state index is 0.185. The predicted molar refractivity (Wildman–Crippen MR) is 62.6 cm³/mol. The van der Waals surface area contributed by atoms with Crippen molar-refractivity contribution < 1.29 is 4.39 Å². The van der Waals surface area contributed by atoms with Crippen molar-refractivity contribution in [1.82, 2.24) is 4.57 Å². The topological polar surface area (TPSA) is 48.0 Å². The molecule has 0 amide bonds. The summed E-state index contributed by atoms with van der Waals surface area (Å²) < 4.78 is 14.1. The van der Waals surface area contributed by atoms with Crippen LogP contribution >= 0.6 is 15.9 Å². The van der Waals surface area contributed by atoms with Gasteiger partial charge in [0.2, 0.25) is 5.43 Å². The van der Waals surface area contributed by atoms with Crippen LogP contribution in [0.1, 0.15) is 19.3 Å². The van der Waals surface area contributed by atoms with Crippen molar-refractivity contribution in [2.24, 2.45) is 0 Å². The van der Waals surface area contributed by atoms with E-state index in [4.69, 9.17) is 5.73 Å². The zero-order chi connectivity index (χ0) is 11.3. The van der Waals surface area contributed by atoms with Gasteiger partial charge in [-0.25, -0.2) is 0 Å². The van der Waals surface area contributed by atoms with Gasteiger partial charge in [-0.05, 0) is 35.2 Å². The van der Waals surface area contributed by atoms with Gasteiger partial charge in [0, 0.05) is 18.9 Å². The number of halogens is 2. The Labute approximate surface area is 96.2 Å². The standard InChI is InChI=1S/C10H14BrFN2O/c11-8-6-14(5-3-1-2-4-12)7-9(13)10(8)15/h6-7H,1-5,13H2. The Balaban J connectivity index is 2.59. The van der Waals surface area contributed by atoms with Gasteiger partial charge in [-0.15, -0.1) is 0 Å². The lowest BCUT2D eigenvalue weighted by molar-refractivity contribution is 0.447. The highest BCUT2D eigenvalue weighted by Gasteiger charge is 2.01. The summed E-state index contributed by atoms with van der Waals surface area (Å²) in [5.41, 5.74) is 5.57. The van der Waals surface area contributed by atoms with Crippen LogP contribution in [0.2, 0.25) is 0 Å². The van der Waals surface area contributed by atoms with Crippen molar-refractivity contribution in [3.05, 3.63) is 27.1 Å². The molecule has 1 rings (SSSR count). The first-order valence-corrected chi connectivity index (χ1v) is 5.65. The molecule has 0 aliphatic rings. The van der Waals surface area contributed by atoms with E-state index >= 15 is 0 Å². The molecule has 1 aromatic heterocycles. The second-order valence-corrected chi connectivity index (χ2v) is 4.23. The Bertz CT molecular complexity index is 352. The highest BCUT2D eigenvalue weighted by Crippen LogP contribution is 2.08. The molecule has 0 unspecified atom stereocenters. The first kappa shape index (κ1) is 12.2. The van der Waals surface area contributed by atoms with Gasteiger partial charge in [-0.1, -0.05) is 0 Å². The molecule has 3 nitrogen and oxygen atoms in total. The molecule has 84 valence electrons. The van der Waals surface area contributed by atoms with Gasteiger partial charge in [-0.2, -0.15) is 0 Å². The van der Waals surface area contributed by atoms with Gasteiger partial charge in [0.1, 0.15) is 0 Å². The van der Waals surface area contributed by atoms with Crippen molar-refractivity contribution in [3.8, 4) is 0 Å².